The summed E-state index contributed by atoms with van der Waals surface area (Å²) < 4.78 is 31.7. The second-order valence-electron chi connectivity index (χ2n) is 4.94. The monoisotopic (exact) mass is 320 g/mol. The molecule has 4 nitrogen and oxygen atoms in total. The quantitative estimate of drug-likeness (QED) is 0.851. The number of halogens is 2. The van der Waals surface area contributed by atoms with Crippen molar-refractivity contribution in [3.63, 3.8) is 0 Å². The topological polar surface area (TPSA) is 50.4 Å². The molecule has 0 aliphatic heterocycles. The average molecular weight is 320 g/mol. The molecule has 0 saturated carbocycles. The zero-order chi connectivity index (χ0) is 16.8. The van der Waals surface area contributed by atoms with Gasteiger partial charge in [0.1, 0.15) is 23.4 Å². The van der Waals surface area contributed by atoms with Gasteiger partial charge in [0.25, 0.3) is 0 Å². The van der Waals surface area contributed by atoms with E-state index in [2.05, 4.69) is 10.6 Å². The molecule has 1 atom stereocenters. The smallest absolute Gasteiger partial charge is 0.246 e. The van der Waals surface area contributed by atoms with Crippen molar-refractivity contribution >= 4 is 17.3 Å². The summed E-state index contributed by atoms with van der Waals surface area (Å²) in [5.74, 6) is -1.19. The number of amides is 1. The van der Waals surface area contributed by atoms with E-state index in [0.717, 1.165) is 23.6 Å². The van der Waals surface area contributed by atoms with Crippen molar-refractivity contribution in [1.29, 1.82) is 0 Å². The van der Waals surface area contributed by atoms with Crippen LogP contribution in [0.3, 0.4) is 0 Å². The molecular formula is C17H18F2N2O2. The summed E-state index contributed by atoms with van der Waals surface area (Å²) in [4.78, 5) is 12.1. The Balaban J connectivity index is 1.96. The van der Waals surface area contributed by atoms with E-state index in [1.807, 2.05) is 6.92 Å². The first kappa shape index (κ1) is 16.7. The van der Waals surface area contributed by atoms with Gasteiger partial charge in [0.05, 0.1) is 12.3 Å². The van der Waals surface area contributed by atoms with Gasteiger partial charge in [-0.15, -0.1) is 0 Å². The molecule has 0 aromatic heterocycles. The van der Waals surface area contributed by atoms with Gasteiger partial charge >= 0.3 is 0 Å². The minimum absolute atomic E-state index is 0.0586. The third kappa shape index (κ3) is 4.67. The first-order valence-corrected chi connectivity index (χ1v) is 7.25. The van der Waals surface area contributed by atoms with Gasteiger partial charge in [-0.1, -0.05) is 0 Å². The van der Waals surface area contributed by atoms with Gasteiger partial charge in [-0.05, 0) is 50.2 Å². The highest BCUT2D eigenvalue weighted by Gasteiger charge is 2.15. The summed E-state index contributed by atoms with van der Waals surface area (Å²) in [6.45, 7) is 4.12. The second kappa shape index (κ2) is 7.58. The molecule has 0 unspecified atom stereocenters. The predicted molar refractivity (Wildman–Crippen MR) is 85.7 cm³/mol. The van der Waals surface area contributed by atoms with E-state index in [-0.39, 0.29) is 5.69 Å². The van der Waals surface area contributed by atoms with Crippen LogP contribution in [0.25, 0.3) is 0 Å². The lowest BCUT2D eigenvalue weighted by atomic mass is 10.2. The second-order valence-corrected chi connectivity index (χ2v) is 4.94. The van der Waals surface area contributed by atoms with Crippen LogP contribution in [0.15, 0.2) is 42.5 Å². The van der Waals surface area contributed by atoms with Gasteiger partial charge < -0.3 is 15.4 Å². The lowest BCUT2D eigenvalue weighted by molar-refractivity contribution is -0.116. The third-order valence-corrected chi connectivity index (χ3v) is 3.13. The van der Waals surface area contributed by atoms with E-state index in [0.29, 0.717) is 6.61 Å². The molecule has 0 bridgehead atoms. The summed E-state index contributed by atoms with van der Waals surface area (Å²) in [5.41, 5.74) is 0.674. The molecule has 23 heavy (non-hydrogen) atoms. The zero-order valence-corrected chi connectivity index (χ0v) is 12.9. The van der Waals surface area contributed by atoms with Crippen molar-refractivity contribution in [2.75, 3.05) is 17.2 Å². The minimum atomic E-state index is -0.813. The first-order chi connectivity index (χ1) is 11.0. The van der Waals surface area contributed by atoms with E-state index >= 15 is 0 Å². The van der Waals surface area contributed by atoms with Gasteiger partial charge in [-0.2, -0.15) is 0 Å². The maximum absolute atomic E-state index is 13.5. The largest absolute Gasteiger partial charge is 0.494 e. The number of hydrogen-bond acceptors (Lipinski definition) is 3. The number of rotatable bonds is 6. The van der Waals surface area contributed by atoms with E-state index in [4.69, 9.17) is 4.74 Å². The fraction of sp³-hybridized carbons (Fsp3) is 0.235. The maximum atomic E-state index is 13.5. The van der Waals surface area contributed by atoms with Gasteiger partial charge in [0.15, 0.2) is 0 Å². The predicted octanol–water partition coefficient (Wildman–Crippen LogP) is 3.80. The van der Waals surface area contributed by atoms with Crippen LogP contribution in [0.5, 0.6) is 5.75 Å². The van der Waals surface area contributed by atoms with Gasteiger partial charge in [-0.3, -0.25) is 4.79 Å². The zero-order valence-electron chi connectivity index (χ0n) is 12.9. The van der Waals surface area contributed by atoms with Crippen LogP contribution in [0.1, 0.15) is 13.8 Å². The fourth-order valence-electron chi connectivity index (χ4n) is 1.96. The Bertz CT molecular complexity index is 675. The first-order valence-electron chi connectivity index (χ1n) is 7.25. The van der Waals surface area contributed by atoms with E-state index in [1.54, 1.807) is 31.2 Å². The molecule has 0 fully saturated rings. The summed E-state index contributed by atoms with van der Waals surface area (Å²) in [6.07, 6.45) is 0. The average Bonchev–Trinajstić information content (AvgIpc) is 2.52. The van der Waals surface area contributed by atoms with E-state index < -0.39 is 23.6 Å². The summed E-state index contributed by atoms with van der Waals surface area (Å²) in [7, 11) is 0. The number of hydrogen-bond donors (Lipinski definition) is 2. The SMILES string of the molecule is CCOc1ccc(N[C@H](C)C(=O)Nc2ccc(F)cc2F)cc1. The van der Waals surface area contributed by atoms with Crippen LogP contribution >= 0.6 is 0 Å². The van der Waals surface area contributed by atoms with Crippen molar-refractivity contribution < 1.29 is 18.3 Å². The molecule has 2 N–H and O–H groups in total. The number of anilines is 2. The number of carbonyl (C=O) groups is 1. The Labute approximate surface area is 133 Å². The molecule has 6 heteroatoms. The molecule has 0 aliphatic rings. The Morgan fingerprint density at radius 2 is 1.87 bits per heavy atom. The van der Waals surface area contributed by atoms with Crippen LogP contribution in [0, 0.1) is 11.6 Å². The number of benzene rings is 2. The van der Waals surface area contributed by atoms with Crippen LogP contribution in [0.2, 0.25) is 0 Å². The molecule has 1 amide bonds. The Morgan fingerprint density at radius 3 is 2.48 bits per heavy atom. The molecule has 0 spiro atoms. The molecular weight excluding hydrogens is 302 g/mol. The summed E-state index contributed by atoms with van der Waals surface area (Å²) >= 11 is 0. The highest BCUT2D eigenvalue weighted by molar-refractivity contribution is 5.96. The van der Waals surface area contributed by atoms with Crippen LogP contribution < -0.4 is 15.4 Å². The molecule has 2 aromatic carbocycles. The van der Waals surface area contributed by atoms with Crippen LogP contribution in [-0.4, -0.2) is 18.6 Å². The van der Waals surface area contributed by atoms with Crippen LogP contribution in [0.4, 0.5) is 20.2 Å². The molecule has 0 radical (unpaired) electrons. The van der Waals surface area contributed by atoms with Gasteiger partial charge in [0, 0.05) is 11.8 Å². The normalized spacial score (nSPS) is 11.7. The molecule has 0 aliphatic carbocycles. The Morgan fingerprint density at radius 1 is 1.17 bits per heavy atom. The third-order valence-electron chi connectivity index (χ3n) is 3.13. The fourth-order valence-corrected chi connectivity index (χ4v) is 1.96. The molecule has 0 heterocycles. The molecule has 2 aromatic rings. The maximum Gasteiger partial charge on any atom is 0.246 e. The molecule has 0 saturated heterocycles. The van der Waals surface area contributed by atoms with Crippen molar-refractivity contribution in [2.45, 2.75) is 19.9 Å². The summed E-state index contributed by atoms with van der Waals surface area (Å²) in [6, 6.07) is 9.54. The number of nitrogens with one attached hydrogen (secondary N) is 2. The highest BCUT2D eigenvalue weighted by Crippen LogP contribution is 2.18. The Hall–Kier alpha value is -2.63. The van der Waals surface area contributed by atoms with Crippen molar-refractivity contribution in [2.24, 2.45) is 0 Å². The van der Waals surface area contributed by atoms with Crippen LogP contribution in [-0.2, 0) is 4.79 Å². The van der Waals surface area contributed by atoms with E-state index in [9.17, 15) is 13.6 Å². The summed E-state index contributed by atoms with van der Waals surface area (Å²) in [5, 5.41) is 5.42. The number of carbonyl (C=O) groups excluding carboxylic acids is 1. The van der Waals surface area contributed by atoms with Crippen molar-refractivity contribution in [3.8, 4) is 5.75 Å². The molecule has 122 valence electrons. The van der Waals surface area contributed by atoms with Gasteiger partial charge in [0.2, 0.25) is 5.91 Å². The van der Waals surface area contributed by atoms with E-state index in [1.165, 1.54) is 6.07 Å². The highest BCUT2D eigenvalue weighted by atomic mass is 19.1. The lowest BCUT2D eigenvalue weighted by Gasteiger charge is -2.16. The van der Waals surface area contributed by atoms with Crippen molar-refractivity contribution in [3.05, 3.63) is 54.1 Å². The minimum Gasteiger partial charge on any atom is -0.494 e. The Kier molecular flexibility index (Phi) is 5.51. The lowest BCUT2D eigenvalue weighted by Crippen LogP contribution is -2.32. The van der Waals surface area contributed by atoms with Gasteiger partial charge in [-0.25, -0.2) is 8.78 Å². The number of ether oxygens (including phenoxy) is 1. The van der Waals surface area contributed by atoms with Crippen molar-refractivity contribution in [1.82, 2.24) is 0 Å². The molecule has 2 rings (SSSR count). The standard InChI is InChI=1S/C17H18F2N2O2/c1-3-23-14-7-5-13(6-8-14)20-11(2)17(22)21-16-9-4-12(18)10-15(16)19/h4-11,20H,3H2,1-2H3,(H,21,22)/t11-/m1/s1.